The highest BCUT2D eigenvalue weighted by atomic mass is 32.1. The molecule has 11 nitrogen and oxygen atoms in total. The fourth-order valence-corrected chi connectivity index (χ4v) is 8.61. The number of alkyl carbamates (subject to hydrolysis) is 1. The number of amides is 4. The third-order valence-corrected chi connectivity index (χ3v) is 12.1. The molecule has 2 fully saturated rings. The van der Waals surface area contributed by atoms with Gasteiger partial charge in [0.2, 0.25) is 5.91 Å². The largest absolute Gasteiger partial charge is 0.444 e. The maximum Gasteiger partial charge on any atom is 0.407 e. The number of aromatic nitrogens is 2. The van der Waals surface area contributed by atoms with E-state index in [2.05, 4.69) is 39.8 Å². The van der Waals surface area contributed by atoms with Crippen LogP contribution in [0.15, 0.2) is 17.1 Å². The van der Waals surface area contributed by atoms with Crippen molar-refractivity contribution in [2.75, 3.05) is 7.05 Å². The predicted molar refractivity (Wildman–Crippen MR) is 199 cm³/mol. The van der Waals surface area contributed by atoms with Crippen molar-refractivity contribution in [1.82, 2.24) is 30.8 Å². The van der Waals surface area contributed by atoms with Gasteiger partial charge in [-0.2, -0.15) is 0 Å². The molecule has 2 aromatic heterocycles. The summed E-state index contributed by atoms with van der Waals surface area (Å²) in [6.07, 6.45) is 13.4. The van der Waals surface area contributed by atoms with E-state index in [1.807, 2.05) is 19.2 Å². The molecule has 2 heterocycles. The summed E-state index contributed by atoms with van der Waals surface area (Å²) in [5.41, 5.74) is 2.53. The third kappa shape index (κ3) is 13.1. The van der Waals surface area contributed by atoms with Crippen LogP contribution in [0.4, 0.5) is 9.59 Å². The second-order valence-corrected chi connectivity index (χ2v) is 17.0. The second-order valence-electron chi connectivity index (χ2n) is 15.1. The van der Waals surface area contributed by atoms with Crippen molar-refractivity contribution in [3.63, 3.8) is 0 Å². The minimum Gasteiger partial charge on any atom is -0.444 e. The Kier molecular flexibility index (Phi) is 16.3. The van der Waals surface area contributed by atoms with E-state index in [1.165, 1.54) is 37.0 Å². The van der Waals surface area contributed by atoms with Crippen LogP contribution in [-0.4, -0.2) is 69.3 Å². The average Bonchev–Trinajstić information content (AvgIpc) is 3.79. The lowest BCUT2D eigenvalue weighted by atomic mass is 9.81. The number of carbonyl (C=O) groups excluding carboxylic acids is 3. The van der Waals surface area contributed by atoms with Crippen molar-refractivity contribution >= 4 is 40.7 Å². The van der Waals surface area contributed by atoms with Gasteiger partial charge in [0.1, 0.15) is 12.6 Å². The first-order valence-corrected chi connectivity index (χ1v) is 20.5. The average molecular weight is 733 g/mol. The lowest BCUT2D eigenvalue weighted by Crippen LogP contribution is -2.55. The normalized spacial score (nSPS) is 18.3. The highest BCUT2D eigenvalue weighted by Crippen LogP contribution is 2.31. The van der Waals surface area contributed by atoms with Crippen LogP contribution in [0.3, 0.4) is 0 Å². The molecule has 4 atom stereocenters. The monoisotopic (exact) mass is 732 g/mol. The number of hydrogen-bond donors (Lipinski definition) is 4. The molecule has 50 heavy (non-hydrogen) atoms. The van der Waals surface area contributed by atoms with Crippen LogP contribution < -0.4 is 16.0 Å². The number of aliphatic hydroxyl groups is 1. The van der Waals surface area contributed by atoms with Gasteiger partial charge in [-0.3, -0.25) is 9.78 Å². The standard InChI is InChI=1S/C37H60N6O5S2/c1-24(2)33(42-36(46)43(5)20-29-22-49-35(40-29)25(3)4)34(45)39-28(16-26-12-8-6-9-13-26)18-32(44)31(17-27-14-10-7-11-15-27)41-37(47)48-21-30-19-38-23-50-30/h19,22-28,31-33,44H,6-18,20-21H2,1-5H3,(H,39,45)(H,41,47)(H,42,46)/t28-,31-,32-,33-/m0/s1. The van der Waals surface area contributed by atoms with E-state index in [-0.39, 0.29) is 30.5 Å². The molecule has 280 valence electrons. The number of thiazole rings is 2. The molecule has 2 aromatic rings. The minimum absolute atomic E-state index is 0.128. The van der Waals surface area contributed by atoms with Crippen LogP contribution in [0.5, 0.6) is 0 Å². The molecule has 2 aliphatic rings. The van der Waals surface area contributed by atoms with Crippen molar-refractivity contribution in [2.45, 2.75) is 154 Å². The first-order chi connectivity index (χ1) is 24.0. The van der Waals surface area contributed by atoms with Crippen molar-refractivity contribution in [2.24, 2.45) is 17.8 Å². The maximum absolute atomic E-state index is 13.9. The van der Waals surface area contributed by atoms with Crippen LogP contribution in [0, 0.1) is 17.8 Å². The van der Waals surface area contributed by atoms with E-state index in [1.54, 1.807) is 35.0 Å². The first-order valence-electron chi connectivity index (χ1n) is 18.7. The van der Waals surface area contributed by atoms with Crippen LogP contribution in [0.2, 0.25) is 0 Å². The molecule has 4 rings (SSSR count). The van der Waals surface area contributed by atoms with E-state index < -0.39 is 24.3 Å². The lowest BCUT2D eigenvalue weighted by Gasteiger charge is -2.34. The van der Waals surface area contributed by atoms with Gasteiger partial charge in [-0.1, -0.05) is 91.9 Å². The Balaban J connectivity index is 1.43. The molecule has 4 N–H and O–H groups in total. The van der Waals surface area contributed by atoms with E-state index in [0.717, 1.165) is 60.5 Å². The number of carbonyl (C=O) groups is 3. The topological polar surface area (TPSA) is 146 Å². The van der Waals surface area contributed by atoms with Crippen molar-refractivity contribution in [1.29, 1.82) is 0 Å². The smallest absolute Gasteiger partial charge is 0.407 e. The van der Waals surface area contributed by atoms with E-state index in [0.29, 0.717) is 37.1 Å². The summed E-state index contributed by atoms with van der Waals surface area (Å²) in [5, 5.41) is 24.0. The highest BCUT2D eigenvalue weighted by Gasteiger charge is 2.33. The molecule has 0 saturated heterocycles. The van der Waals surface area contributed by atoms with E-state index in [9.17, 15) is 19.5 Å². The van der Waals surface area contributed by atoms with Crippen molar-refractivity contribution in [3.05, 3.63) is 32.7 Å². The van der Waals surface area contributed by atoms with E-state index in [4.69, 9.17) is 4.74 Å². The number of nitrogens with one attached hydrogen (secondary N) is 3. The van der Waals surface area contributed by atoms with Gasteiger partial charge in [0.25, 0.3) is 0 Å². The van der Waals surface area contributed by atoms with Crippen LogP contribution in [0.25, 0.3) is 0 Å². The Morgan fingerprint density at radius 3 is 2.18 bits per heavy atom. The van der Waals surface area contributed by atoms with Crippen LogP contribution >= 0.6 is 22.7 Å². The number of ether oxygens (including phenoxy) is 1. The molecule has 0 aromatic carbocycles. The fraction of sp³-hybridized carbons (Fsp3) is 0.757. The van der Waals surface area contributed by atoms with Crippen LogP contribution in [-0.2, 0) is 22.7 Å². The summed E-state index contributed by atoms with van der Waals surface area (Å²) in [6, 6.07) is -1.91. The number of rotatable bonds is 17. The van der Waals surface area contributed by atoms with Gasteiger partial charge < -0.3 is 30.7 Å². The summed E-state index contributed by atoms with van der Waals surface area (Å²) in [6.45, 7) is 8.51. The Morgan fingerprint density at radius 2 is 1.60 bits per heavy atom. The van der Waals surface area contributed by atoms with Crippen molar-refractivity contribution < 1.29 is 24.2 Å². The van der Waals surface area contributed by atoms with Gasteiger partial charge in [-0.15, -0.1) is 22.7 Å². The molecule has 4 amide bonds. The van der Waals surface area contributed by atoms with E-state index >= 15 is 0 Å². The maximum atomic E-state index is 13.9. The zero-order valence-corrected chi connectivity index (χ0v) is 32.3. The molecule has 0 bridgehead atoms. The number of urea groups is 1. The lowest BCUT2D eigenvalue weighted by molar-refractivity contribution is -0.125. The quantitative estimate of drug-likeness (QED) is 0.133. The molecule has 0 spiro atoms. The molecule has 0 radical (unpaired) electrons. The zero-order valence-electron chi connectivity index (χ0n) is 30.7. The first kappa shape index (κ1) is 40.0. The molecule has 0 unspecified atom stereocenters. The Morgan fingerprint density at radius 1 is 0.940 bits per heavy atom. The SMILES string of the molecule is CC(C)c1nc(CN(C)C(=O)N[C@H](C(=O)N[C@@H](CC2CCCCC2)C[C@H](O)[C@H](CC2CCCCC2)NC(=O)OCc2cncs2)C(C)C)cs1. The minimum atomic E-state index is -0.881. The third-order valence-electron chi connectivity index (χ3n) is 10.2. The molecule has 2 aliphatic carbocycles. The Labute approximate surface area is 306 Å². The van der Waals surface area contributed by atoms with Gasteiger partial charge in [0.05, 0.1) is 39.8 Å². The highest BCUT2D eigenvalue weighted by molar-refractivity contribution is 7.09. The zero-order chi connectivity index (χ0) is 36.0. The number of aliphatic hydroxyl groups excluding tert-OH is 1. The summed E-state index contributed by atoms with van der Waals surface area (Å²) < 4.78 is 5.50. The Hall–Kier alpha value is -2.77. The van der Waals surface area contributed by atoms with Gasteiger partial charge in [-0.25, -0.2) is 14.6 Å². The van der Waals surface area contributed by atoms with Crippen LogP contribution in [0.1, 0.15) is 133 Å². The molecular formula is C37H60N6O5S2. The van der Waals surface area contributed by atoms with Gasteiger partial charge >= 0.3 is 12.1 Å². The summed E-state index contributed by atoms with van der Waals surface area (Å²) >= 11 is 3.01. The summed E-state index contributed by atoms with van der Waals surface area (Å²) in [4.78, 5) is 51.3. The van der Waals surface area contributed by atoms with Crippen molar-refractivity contribution in [3.8, 4) is 0 Å². The second kappa shape index (κ2) is 20.3. The molecule has 0 aliphatic heterocycles. The molecule has 2 saturated carbocycles. The number of nitrogens with zero attached hydrogens (tertiary/aromatic N) is 3. The molecular weight excluding hydrogens is 673 g/mol. The number of hydrogen-bond acceptors (Lipinski definition) is 9. The molecule has 13 heteroatoms. The van der Waals surface area contributed by atoms with Gasteiger partial charge in [-0.05, 0) is 37.0 Å². The van der Waals surface area contributed by atoms with Gasteiger partial charge in [0.15, 0.2) is 0 Å². The summed E-state index contributed by atoms with van der Waals surface area (Å²) in [5.74, 6) is 0.765. The fourth-order valence-electron chi connectivity index (χ4n) is 7.28. The van der Waals surface area contributed by atoms with Gasteiger partial charge in [0, 0.05) is 30.6 Å². The predicted octanol–water partition coefficient (Wildman–Crippen LogP) is 7.36. The Bertz CT molecular complexity index is 1310. The summed E-state index contributed by atoms with van der Waals surface area (Å²) in [7, 11) is 1.71.